The van der Waals surface area contributed by atoms with Gasteiger partial charge >= 0.3 is 0 Å². The summed E-state index contributed by atoms with van der Waals surface area (Å²) in [6.45, 7) is 7.82. The molecule has 4 heteroatoms. The van der Waals surface area contributed by atoms with Crippen LogP contribution in [0.25, 0.3) is 0 Å². The third-order valence-corrected chi connectivity index (χ3v) is 4.07. The highest BCUT2D eigenvalue weighted by atomic mass is 16.4. The molecule has 0 atom stereocenters. The van der Waals surface area contributed by atoms with Crippen LogP contribution in [0.3, 0.4) is 0 Å². The molecule has 0 unspecified atom stereocenters. The van der Waals surface area contributed by atoms with Crippen molar-refractivity contribution in [2.45, 2.75) is 78.6 Å². The molecule has 0 radical (unpaired) electrons. The third-order valence-electron chi connectivity index (χ3n) is 4.07. The summed E-state index contributed by atoms with van der Waals surface area (Å²) in [5, 5.41) is 21.4. The van der Waals surface area contributed by atoms with Crippen LogP contribution in [0.15, 0.2) is 12.0 Å². The summed E-state index contributed by atoms with van der Waals surface area (Å²) in [5.74, 6) is -0.702. The SMILES string of the molecule is CCCCCC/C(O)=C/[N+](CCCC)(CCCC)CC(=O)[O-]. The van der Waals surface area contributed by atoms with Crippen molar-refractivity contribution in [3.05, 3.63) is 12.0 Å². The molecule has 0 spiro atoms. The van der Waals surface area contributed by atoms with Crippen LogP contribution in [0.2, 0.25) is 0 Å². The second kappa shape index (κ2) is 12.5. The van der Waals surface area contributed by atoms with E-state index in [0.717, 1.165) is 51.6 Å². The maximum absolute atomic E-state index is 11.2. The summed E-state index contributed by atoms with van der Waals surface area (Å²) in [6, 6.07) is 0. The monoisotopic (exact) mass is 313 g/mol. The van der Waals surface area contributed by atoms with Gasteiger partial charge in [0.25, 0.3) is 0 Å². The van der Waals surface area contributed by atoms with Crippen LogP contribution in [0.5, 0.6) is 0 Å². The second-order valence-corrected chi connectivity index (χ2v) is 6.33. The first-order valence-corrected chi connectivity index (χ1v) is 8.96. The quantitative estimate of drug-likeness (QED) is 0.303. The van der Waals surface area contributed by atoms with Crippen LogP contribution in [-0.2, 0) is 4.79 Å². The van der Waals surface area contributed by atoms with E-state index in [1.165, 1.54) is 12.8 Å². The Hall–Kier alpha value is -1.03. The minimum absolute atomic E-state index is 0.0426. The lowest BCUT2D eigenvalue weighted by Crippen LogP contribution is -2.51. The zero-order valence-electron chi connectivity index (χ0n) is 14.8. The average Bonchev–Trinajstić information content (AvgIpc) is 2.47. The van der Waals surface area contributed by atoms with Crippen LogP contribution < -0.4 is 5.11 Å². The van der Waals surface area contributed by atoms with E-state index in [1.54, 1.807) is 6.20 Å². The number of hydrogen-bond donors (Lipinski definition) is 1. The molecule has 0 aliphatic rings. The molecule has 0 saturated heterocycles. The molecule has 0 aromatic rings. The molecule has 0 aliphatic heterocycles. The molecule has 22 heavy (non-hydrogen) atoms. The molecule has 0 amide bonds. The van der Waals surface area contributed by atoms with Gasteiger partial charge in [-0.3, -0.25) is 4.48 Å². The summed E-state index contributed by atoms with van der Waals surface area (Å²) in [5.41, 5.74) is 0. The number of rotatable bonds is 14. The molecule has 0 rings (SSSR count). The van der Waals surface area contributed by atoms with Crippen molar-refractivity contribution >= 4 is 5.97 Å². The van der Waals surface area contributed by atoms with E-state index in [9.17, 15) is 15.0 Å². The molecular weight excluding hydrogens is 278 g/mol. The van der Waals surface area contributed by atoms with E-state index in [-0.39, 0.29) is 6.54 Å². The van der Waals surface area contributed by atoms with E-state index in [2.05, 4.69) is 20.8 Å². The molecule has 0 heterocycles. The van der Waals surface area contributed by atoms with Crippen molar-refractivity contribution in [2.75, 3.05) is 19.6 Å². The fourth-order valence-electron chi connectivity index (χ4n) is 2.76. The smallest absolute Gasteiger partial charge is 0.145 e. The zero-order chi connectivity index (χ0) is 16.8. The normalized spacial score (nSPS) is 12.6. The topological polar surface area (TPSA) is 60.4 Å². The number of carbonyl (C=O) groups excluding carboxylic acids is 1. The minimum Gasteiger partial charge on any atom is -0.544 e. The van der Waals surface area contributed by atoms with Crippen LogP contribution in [0, 0.1) is 0 Å². The highest BCUT2D eigenvalue weighted by molar-refractivity contribution is 5.65. The number of aliphatic carboxylic acids is 1. The number of hydrogen-bond acceptors (Lipinski definition) is 3. The zero-order valence-corrected chi connectivity index (χ0v) is 14.8. The van der Waals surface area contributed by atoms with Crippen molar-refractivity contribution in [3.63, 3.8) is 0 Å². The van der Waals surface area contributed by atoms with Crippen molar-refractivity contribution in [2.24, 2.45) is 0 Å². The first-order chi connectivity index (χ1) is 10.5. The highest BCUT2D eigenvalue weighted by Gasteiger charge is 2.25. The van der Waals surface area contributed by atoms with Gasteiger partial charge in [-0.15, -0.1) is 0 Å². The Morgan fingerprint density at radius 1 is 0.955 bits per heavy atom. The predicted molar refractivity (Wildman–Crippen MR) is 89.2 cm³/mol. The third kappa shape index (κ3) is 9.82. The van der Waals surface area contributed by atoms with Gasteiger partial charge in [0.05, 0.1) is 19.1 Å². The Morgan fingerprint density at radius 3 is 1.95 bits per heavy atom. The van der Waals surface area contributed by atoms with E-state index < -0.39 is 5.97 Å². The Labute approximate surface area is 136 Å². The lowest BCUT2D eigenvalue weighted by Gasteiger charge is -2.35. The fraction of sp³-hybridized carbons (Fsp3) is 0.833. The van der Waals surface area contributed by atoms with E-state index in [4.69, 9.17) is 0 Å². The Bertz CT molecular complexity index is 318. The van der Waals surface area contributed by atoms with Gasteiger partial charge in [0, 0.05) is 6.42 Å². The summed E-state index contributed by atoms with van der Waals surface area (Å²) in [7, 11) is 0. The molecular formula is C18H35NO3. The Kier molecular flexibility index (Phi) is 11.9. The van der Waals surface area contributed by atoms with Gasteiger partial charge in [0.2, 0.25) is 0 Å². The molecule has 0 bridgehead atoms. The molecule has 0 aromatic carbocycles. The van der Waals surface area contributed by atoms with Crippen LogP contribution in [0.1, 0.15) is 78.6 Å². The van der Waals surface area contributed by atoms with Gasteiger partial charge < -0.3 is 15.0 Å². The lowest BCUT2D eigenvalue weighted by molar-refractivity contribution is -0.875. The van der Waals surface area contributed by atoms with Gasteiger partial charge in [-0.05, 0) is 19.3 Å². The van der Waals surface area contributed by atoms with Crippen LogP contribution in [-0.4, -0.2) is 35.2 Å². The van der Waals surface area contributed by atoms with Gasteiger partial charge in [-0.1, -0.05) is 52.9 Å². The van der Waals surface area contributed by atoms with Crippen molar-refractivity contribution in [1.29, 1.82) is 0 Å². The van der Waals surface area contributed by atoms with Crippen molar-refractivity contribution < 1.29 is 19.5 Å². The lowest BCUT2D eigenvalue weighted by atomic mass is 10.1. The van der Waals surface area contributed by atoms with Crippen LogP contribution in [0.4, 0.5) is 0 Å². The van der Waals surface area contributed by atoms with Crippen molar-refractivity contribution in [3.8, 4) is 0 Å². The first kappa shape index (κ1) is 21.0. The summed E-state index contributed by atoms with van der Waals surface area (Å²) in [4.78, 5) is 11.2. The number of carboxylic acids is 1. The van der Waals surface area contributed by atoms with Gasteiger partial charge in [0.1, 0.15) is 18.5 Å². The standard InChI is InChI=1S/C18H35NO3/c1-4-7-10-11-12-17(20)15-19(13-8-5-2,14-9-6-3)16-18(21)22/h15H,4-14,16H2,1-3H3,(H-,20,21,22)/b17-15-. The van der Waals surface area contributed by atoms with E-state index in [1.807, 2.05) is 0 Å². The van der Waals surface area contributed by atoms with Gasteiger partial charge in [-0.2, -0.15) is 0 Å². The van der Waals surface area contributed by atoms with E-state index in [0.29, 0.717) is 16.7 Å². The second-order valence-electron chi connectivity index (χ2n) is 6.33. The number of carbonyl (C=O) groups is 1. The molecule has 1 N–H and O–H groups in total. The maximum Gasteiger partial charge on any atom is 0.145 e. The molecule has 130 valence electrons. The molecule has 0 aromatic heterocycles. The number of allylic oxidation sites excluding steroid dienone is 1. The number of nitrogens with zero attached hydrogens (tertiary/aromatic N) is 1. The predicted octanol–water partition coefficient (Wildman–Crippen LogP) is 3.52. The number of carboxylic acid groups (broad SMARTS) is 1. The Balaban J connectivity index is 4.92. The van der Waals surface area contributed by atoms with Crippen LogP contribution >= 0.6 is 0 Å². The number of aliphatic hydroxyl groups is 1. The van der Waals surface area contributed by atoms with E-state index >= 15 is 0 Å². The maximum atomic E-state index is 11.2. The highest BCUT2D eigenvalue weighted by Crippen LogP contribution is 2.18. The largest absolute Gasteiger partial charge is 0.544 e. The molecule has 0 aliphatic carbocycles. The number of aliphatic hydroxyl groups excluding tert-OH is 1. The molecule has 0 fully saturated rings. The van der Waals surface area contributed by atoms with Gasteiger partial charge in [-0.25, -0.2) is 0 Å². The summed E-state index contributed by atoms with van der Waals surface area (Å²) < 4.78 is 0.323. The average molecular weight is 313 g/mol. The fourth-order valence-corrected chi connectivity index (χ4v) is 2.76. The summed E-state index contributed by atoms with van der Waals surface area (Å²) in [6.07, 6.45) is 10.8. The molecule has 4 nitrogen and oxygen atoms in total. The number of quaternary nitrogens is 1. The summed E-state index contributed by atoms with van der Waals surface area (Å²) >= 11 is 0. The number of unbranched alkanes of at least 4 members (excludes halogenated alkanes) is 5. The molecule has 0 saturated carbocycles. The Morgan fingerprint density at radius 2 is 1.50 bits per heavy atom. The first-order valence-electron chi connectivity index (χ1n) is 8.96. The minimum atomic E-state index is -1.04. The van der Waals surface area contributed by atoms with Gasteiger partial charge in [0.15, 0.2) is 0 Å². The van der Waals surface area contributed by atoms with Crippen molar-refractivity contribution in [1.82, 2.24) is 0 Å².